The van der Waals surface area contributed by atoms with E-state index in [1.54, 1.807) is 6.92 Å². The van der Waals surface area contributed by atoms with Crippen LogP contribution in [0.25, 0.3) is 0 Å². The highest BCUT2D eigenvalue weighted by atomic mass is 16.5. The largest absolute Gasteiger partial charge is 0.480 e. The second-order valence-corrected chi connectivity index (χ2v) is 13.7. The van der Waals surface area contributed by atoms with E-state index in [2.05, 4.69) is 15.6 Å². The summed E-state index contributed by atoms with van der Waals surface area (Å²) >= 11 is 0. The molecule has 6 N–H and O–H groups in total. The summed E-state index contributed by atoms with van der Waals surface area (Å²) in [6, 6.07) is 0. The van der Waals surface area contributed by atoms with Crippen LogP contribution in [-0.2, 0) is 23.9 Å². The predicted octanol–water partition coefficient (Wildman–Crippen LogP) is 3.22. The third-order valence-corrected chi connectivity index (χ3v) is 9.16. The smallest absolute Gasteiger partial charge is 0.330 e. The molecule has 0 spiro atoms. The van der Waals surface area contributed by atoms with Crippen molar-refractivity contribution in [3.8, 4) is 0 Å². The topological polar surface area (TPSA) is 220 Å². The standard InChI is InChI=1S/C36H61N5O10/c1-27-24-41(36(50)39-35(27)49)32-22-28(42)29(51-32)23-38-31(44)19-15-11-6-2-4-8-12-16-20-37-30(43)18-14-10-7-3-5-9-13-17-21-40(25-33(45)46)26-34(47)48/h24,28-29,32,42H,2-23,25-26H2,1H3,(H,37,43)(H,38,44)(H,45,46)(H,47,48)(H,39,49,50)/t28-,29+,32+/m0/s1. The van der Waals surface area contributed by atoms with Gasteiger partial charge in [-0.25, -0.2) is 4.79 Å². The first-order valence-corrected chi connectivity index (χ1v) is 18.8. The minimum atomic E-state index is -1.02. The van der Waals surface area contributed by atoms with E-state index in [0.717, 1.165) is 103 Å². The van der Waals surface area contributed by atoms with Crippen LogP contribution in [0.15, 0.2) is 15.8 Å². The Hall–Kier alpha value is -3.56. The van der Waals surface area contributed by atoms with Gasteiger partial charge in [-0.1, -0.05) is 77.0 Å². The Morgan fingerprint density at radius 2 is 1.27 bits per heavy atom. The molecular formula is C36H61N5O10. The van der Waals surface area contributed by atoms with Crippen molar-refractivity contribution in [1.82, 2.24) is 25.1 Å². The van der Waals surface area contributed by atoms with Crippen LogP contribution in [-0.4, -0.2) is 98.5 Å². The van der Waals surface area contributed by atoms with Gasteiger partial charge in [0, 0.05) is 44.1 Å². The van der Waals surface area contributed by atoms with Crippen molar-refractivity contribution in [3.05, 3.63) is 32.6 Å². The number of hydrogen-bond donors (Lipinski definition) is 6. The molecule has 15 heteroatoms. The Kier molecular flexibility index (Phi) is 21.7. The quantitative estimate of drug-likeness (QED) is 0.0659. The maximum atomic E-state index is 12.3. The minimum Gasteiger partial charge on any atom is -0.480 e. The number of nitrogens with one attached hydrogen (secondary N) is 3. The number of amides is 2. The van der Waals surface area contributed by atoms with E-state index in [1.807, 2.05) is 0 Å². The number of carboxylic acid groups (broad SMARTS) is 2. The number of aromatic nitrogens is 2. The van der Waals surface area contributed by atoms with Gasteiger partial charge >= 0.3 is 17.6 Å². The van der Waals surface area contributed by atoms with Crippen molar-refractivity contribution in [1.29, 1.82) is 0 Å². The summed E-state index contributed by atoms with van der Waals surface area (Å²) < 4.78 is 7.06. The molecule has 1 aliphatic heterocycles. The van der Waals surface area contributed by atoms with E-state index in [0.29, 0.717) is 31.5 Å². The fraction of sp³-hybridized carbons (Fsp3) is 0.778. The van der Waals surface area contributed by atoms with Gasteiger partial charge in [0.25, 0.3) is 5.56 Å². The molecule has 1 fully saturated rings. The van der Waals surface area contributed by atoms with E-state index >= 15 is 0 Å². The molecule has 15 nitrogen and oxygen atoms in total. The van der Waals surface area contributed by atoms with E-state index in [9.17, 15) is 33.9 Å². The number of aliphatic hydroxyl groups excluding tert-OH is 1. The molecule has 0 aliphatic carbocycles. The van der Waals surface area contributed by atoms with Gasteiger partial charge in [-0.2, -0.15) is 0 Å². The average molecular weight is 724 g/mol. The first kappa shape index (κ1) is 43.6. The van der Waals surface area contributed by atoms with Crippen LogP contribution in [0.2, 0.25) is 0 Å². The summed E-state index contributed by atoms with van der Waals surface area (Å²) in [5, 5.41) is 33.9. The number of aliphatic carboxylic acids is 2. The number of aromatic amines is 1. The molecule has 3 atom stereocenters. The van der Waals surface area contributed by atoms with Crippen molar-refractivity contribution in [2.45, 2.75) is 147 Å². The number of rotatable bonds is 29. The van der Waals surface area contributed by atoms with Crippen LogP contribution < -0.4 is 21.9 Å². The molecule has 290 valence electrons. The third kappa shape index (κ3) is 19.6. The molecule has 2 amide bonds. The van der Waals surface area contributed by atoms with Gasteiger partial charge in [0.05, 0.1) is 19.2 Å². The monoisotopic (exact) mass is 723 g/mol. The molecule has 0 aromatic carbocycles. The number of aliphatic hydroxyl groups is 1. The first-order valence-electron chi connectivity index (χ1n) is 18.8. The highest BCUT2D eigenvalue weighted by Crippen LogP contribution is 2.27. The minimum absolute atomic E-state index is 0.0990. The zero-order valence-electron chi connectivity index (χ0n) is 30.4. The summed E-state index contributed by atoms with van der Waals surface area (Å²) in [6.07, 6.45) is 16.5. The third-order valence-electron chi connectivity index (χ3n) is 9.16. The molecule has 1 aromatic heterocycles. The second kappa shape index (κ2) is 25.4. The number of aryl methyl sites for hydroxylation is 1. The molecule has 2 heterocycles. The Morgan fingerprint density at radius 3 is 1.82 bits per heavy atom. The van der Waals surface area contributed by atoms with Crippen LogP contribution in [0.3, 0.4) is 0 Å². The van der Waals surface area contributed by atoms with E-state index < -0.39 is 41.6 Å². The summed E-state index contributed by atoms with van der Waals surface area (Å²) in [6.45, 7) is 2.41. The van der Waals surface area contributed by atoms with E-state index in [-0.39, 0.29) is 37.9 Å². The van der Waals surface area contributed by atoms with Crippen molar-refractivity contribution >= 4 is 23.8 Å². The molecule has 0 bridgehead atoms. The molecule has 0 radical (unpaired) electrons. The SMILES string of the molecule is Cc1cn([C@H]2C[C@H](O)[C@@H](CNC(=O)CCCCCCCCCCNC(=O)CCCCCCCCCCN(CC(=O)O)CC(=O)O)O2)c(=O)[nH]c1=O. The van der Waals surface area contributed by atoms with Crippen LogP contribution in [0.4, 0.5) is 0 Å². The van der Waals surface area contributed by atoms with Gasteiger partial charge in [0.2, 0.25) is 11.8 Å². The maximum Gasteiger partial charge on any atom is 0.330 e. The van der Waals surface area contributed by atoms with E-state index in [4.69, 9.17) is 14.9 Å². The van der Waals surface area contributed by atoms with Gasteiger partial charge in [-0.15, -0.1) is 0 Å². The molecule has 0 saturated carbocycles. The van der Waals surface area contributed by atoms with Crippen LogP contribution in [0, 0.1) is 6.92 Å². The average Bonchev–Trinajstić information content (AvgIpc) is 3.44. The lowest BCUT2D eigenvalue weighted by Crippen LogP contribution is -2.37. The molecule has 2 rings (SSSR count). The van der Waals surface area contributed by atoms with Crippen LogP contribution >= 0.6 is 0 Å². The fourth-order valence-electron chi connectivity index (χ4n) is 6.24. The lowest BCUT2D eigenvalue weighted by atomic mass is 10.1. The van der Waals surface area contributed by atoms with Crippen LogP contribution in [0.5, 0.6) is 0 Å². The Balaban J connectivity index is 1.35. The molecule has 1 saturated heterocycles. The zero-order chi connectivity index (χ0) is 37.4. The summed E-state index contributed by atoms with van der Waals surface area (Å²) in [4.78, 5) is 73.4. The summed E-state index contributed by atoms with van der Waals surface area (Å²) in [7, 11) is 0. The van der Waals surface area contributed by atoms with Crippen molar-refractivity contribution < 1.29 is 39.2 Å². The highest BCUT2D eigenvalue weighted by molar-refractivity contribution is 5.76. The number of carboxylic acids is 2. The summed E-state index contributed by atoms with van der Waals surface area (Å²) in [5.74, 6) is -2.02. The number of H-pyrrole nitrogens is 1. The lowest BCUT2D eigenvalue weighted by molar-refractivity contribution is -0.141. The highest BCUT2D eigenvalue weighted by Gasteiger charge is 2.35. The zero-order valence-corrected chi connectivity index (χ0v) is 30.4. The van der Waals surface area contributed by atoms with Gasteiger partial charge < -0.3 is 30.7 Å². The maximum absolute atomic E-state index is 12.3. The van der Waals surface area contributed by atoms with Crippen molar-refractivity contribution in [3.63, 3.8) is 0 Å². The lowest BCUT2D eigenvalue weighted by Gasteiger charge is -2.17. The number of carbonyl (C=O) groups excluding carboxylic acids is 2. The molecule has 1 aliphatic rings. The van der Waals surface area contributed by atoms with Gasteiger partial charge in [-0.05, 0) is 39.2 Å². The fourth-order valence-corrected chi connectivity index (χ4v) is 6.24. The first-order chi connectivity index (χ1) is 24.5. The van der Waals surface area contributed by atoms with Gasteiger partial charge in [0.1, 0.15) is 12.3 Å². The number of unbranched alkanes of at least 4 members (excludes halogenated alkanes) is 14. The predicted molar refractivity (Wildman–Crippen MR) is 191 cm³/mol. The number of carbonyl (C=O) groups is 4. The Labute approximate surface area is 300 Å². The van der Waals surface area contributed by atoms with Crippen molar-refractivity contribution in [2.75, 3.05) is 32.7 Å². The number of ether oxygens (including phenoxy) is 1. The van der Waals surface area contributed by atoms with Crippen molar-refractivity contribution in [2.24, 2.45) is 0 Å². The van der Waals surface area contributed by atoms with E-state index in [1.165, 1.54) is 15.7 Å². The molecule has 51 heavy (non-hydrogen) atoms. The number of hydrogen-bond acceptors (Lipinski definition) is 9. The summed E-state index contributed by atoms with van der Waals surface area (Å²) in [5.41, 5.74) is -0.690. The van der Waals surface area contributed by atoms with Crippen LogP contribution in [0.1, 0.15) is 134 Å². The Morgan fingerprint density at radius 1 is 0.784 bits per heavy atom. The normalized spacial score (nSPS) is 17.1. The van der Waals surface area contributed by atoms with Gasteiger partial charge in [-0.3, -0.25) is 38.4 Å². The Bertz CT molecular complexity index is 1300. The molecule has 0 unspecified atom stereocenters. The second-order valence-electron chi connectivity index (χ2n) is 13.7. The van der Waals surface area contributed by atoms with Gasteiger partial charge in [0.15, 0.2) is 0 Å². The molecule has 1 aromatic rings. The molecular weight excluding hydrogens is 662 g/mol. The number of nitrogens with zero attached hydrogens (tertiary/aromatic N) is 2.